The lowest BCUT2D eigenvalue weighted by Gasteiger charge is -2.00. The van der Waals surface area contributed by atoms with Gasteiger partial charge >= 0.3 is 0 Å². The lowest BCUT2D eigenvalue weighted by Crippen LogP contribution is -2.38. The molecule has 1 aliphatic rings. The molecular weight excluding hydrogens is 259 g/mol. The summed E-state index contributed by atoms with van der Waals surface area (Å²) in [6.45, 7) is 0.728. The third kappa shape index (κ3) is 1.92. The molecule has 1 aliphatic carbocycles. The summed E-state index contributed by atoms with van der Waals surface area (Å²) in [5.74, 6) is 1.06. The molecule has 2 aromatic rings. The summed E-state index contributed by atoms with van der Waals surface area (Å²) in [7, 11) is 0. The number of para-hydroxylation sites is 2. The molecule has 0 bridgehead atoms. The van der Waals surface area contributed by atoms with Crippen LogP contribution in [-0.4, -0.2) is 14.4 Å². The molecule has 1 atom stereocenters. The number of H-pyrrole nitrogens is 1. The number of nitrogens with zero attached hydrogens (tertiary/aromatic N) is 1. The van der Waals surface area contributed by atoms with Gasteiger partial charge in [-0.15, -0.1) is 23.2 Å². The van der Waals surface area contributed by atoms with Crippen LogP contribution in [0.3, 0.4) is 0 Å². The number of aliphatic hydroxyl groups excluding tert-OH is 1. The number of halogens is 2. The highest BCUT2D eigenvalue weighted by Crippen LogP contribution is 2.53. The predicted molar refractivity (Wildman–Crippen MR) is 67.0 cm³/mol. The van der Waals surface area contributed by atoms with Crippen LogP contribution in [0.2, 0.25) is 0 Å². The van der Waals surface area contributed by atoms with E-state index in [1.54, 1.807) is 0 Å². The molecule has 17 heavy (non-hydrogen) atoms. The maximum Gasteiger partial charge on any atom is 0.281 e. The van der Waals surface area contributed by atoms with Crippen LogP contribution in [0.5, 0.6) is 0 Å². The van der Waals surface area contributed by atoms with Crippen molar-refractivity contribution in [2.24, 2.45) is 5.92 Å². The second-order valence-electron chi connectivity index (χ2n) is 4.52. The van der Waals surface area contributed by atoms with Crippen LogP contribution >= 0.6 is 23.2 Å². The number of hydrogen-bond donors (Lipinski definition) is 2. The summed E-state index contributed by atoms with van der Waals surface area (Å²) >= 11 is 12.1. The lowest BCUT2D eigenvalue weighted by atomic mass is 10.3. The zero-order chi connectivity index (χ0) is 12.0. The van der Waals surface area contributed by atoms with Gasteiger partial charge in [-0.1, -0.05) is 12.1 Å². The fourth-order valence-corrected chi connectivity index (χ4v) is 2.72. The van der Waals surface area contributed by atoms with E-state index < -0.39 is 4.33 Å². The molecule has 1 fully saturated rings. The maximum atomic E-state index is 9.36. The molecule has 1 heterocycles. The molecule has 2 N–H and O–H groups in total. The minimum atomic E-state index is -0.585. The quantitative estimate of drug-likeness (QED) is 0.652. The molecule has 1 saturated carbocycles. The first-order valence-electron chi connectivity index (χ1n) is 5.60. The van der Waals surface area contributed by atoms with Crippen molar-refractivity contribution in [2.45, 2.75) is 23.9 Å². The van der Waals surface area contributed by atoms with Gasteiger partial charge in [0.05, 0.1) is 6.54 Å². The lowest BCUT2D eigenvalue weighted by molar-refractivity contribution is -0.683. The molecule has 0 radical (unpaired) electrons. The Bertz CT molecular complexity index is 565. The molecule has 3 nitrogen and oxygen atoms in total. The van der Waals surface area contributed by atoms with Crippen molar-refractivity contribution in [2.75, 3.05) is 0 Å². The fraction of sp³-hybridized carbons (Fsp3) is 0.417. The third-order valence-corrected chi connectivity index (χ3v) is 4.23. The molecule has 1 unspecified atom stereocenters. The second-order valence-corrected chi connectivity index (χ2v) is 6.06. The van der Waals surface area contributed by atoms with E-state index in [1.165, 1.54) is 0 Å². The van der Waals surface area contributed by atoms with E-state index in [0.717, 1.165) is 29.8 Å². The fourth-order valence-electron chi connectivity index (χ4n) is 2.20. The first kappa shape index (κ1) is 11.3. The van der Waals surface area contributed by atoms with Gasteiger partial charge in [0.25, 0.3) is 5.82 Å². The molecule has 0 saturated heterocycles. The Morgan fingerprint density at radius 3 is 2.76 bits per heavy atom. The van der Waals surface area contributed by atoms with Crippen molar-refractivity contribution in [1.82, 2.24) is 4.98 Å². The monoisotopic (exact) mass is 271 g/mol. The van der Waals surface area contributed by atoms with Crippen molar-refractivity contribution < 1.29 is 9.67 Å². The van der Waals surface area contributed by atoms with E-state index in [2.05, 4.69) is 9.55 Å². The van der Waals surface area contributed by atoms with Crippen molar-refractivity contribution in [3.8, 4) is 0 Å². The van der Waals surface area contributed by atoms with Gasteiger partial charge in [0.15, 0.2) is 11.0 Å². The SMILES string of the molecule is OCc1[nH]c2ccccc2[n+]1CC1CC1(Cl)Cl. The van der Waals surface area contributed by atoms with Gasteiger partial charge in [0, 0.05) is 5.92 Å². The first-order valence-corrected chi connectivity index (χ1v) is 6.35. The minimum absolute atomic E-state index is 0.0149. The van der Waals surface area contributed by atoms with Crippen LogP contribution < -0.4 is 4.57 Å². The molecule has 90 valence electrons. The Morgan fingerprint density at radius 1 is 1.41 bits per heavy atom. The number of rotatable bonds is 3. The normalized spacial score (nSPS) is 21.9. The number of alkyl halides is 2. The smallest absolute Gasteiger partial charge is 0.281 e. The Balaban J connectivity index is 2.01. The van der Waals surface area contributed by atoms with Gasteiger partial charge in [-0.2, -0.15) is 0 Å². The average Bonchev–Trinajstić information content (AvgIpc) is 2.76. The van der Waals surface area contributed by atoms with Gasteiger partial charge in [-0.25, -0.2) is 9.55 Å². The number of aliphatic hydroxyl groups is 1. The largest absolute Gasteiger partial charge is 0.384 e. The van der Waals surface area contributed by atoms with Gasteiger partial charge < -0.3 is 5.11 Å². The predicted octanol–water partition coefficient (Wildman–Crippen LogP) is 2.14. The zero-order valence-corrected chi connectivity index (χ0v) is 10.7. The Morgan fingerprint density at radius 2 is 2.12 bits per heavy atom. The summed E-state index contributed by atoms with van der Waals surface area (Å²) in [6, 6.07) is 7.97. The van der Waals surface area contributed by atoms with E-state index in [4.69, 9.17) is 23.2 Å². The van der Waals surface area contributed by atoms with E-state index in [1.807, 2.05) is 24.3 Å². The van der Waals surface area contributed by atoms with Crippen LogP contribution in [0, 0.1) is 5.92 Å². The van der Waals surface area contributed by atoms with Gasteiger partial charge in [0.1, 0.15) is 10.9 Å². The number of nitrogens with one attached hydrogen (secondary N) is 1. The van der Waals surface area contributed by atoms with Crippen molar-refractivity contribution in [3.63, 3.8) is 0 Å². The highest BCUT2D eigenvalue weighted by molar-refractivity contribution is 6.50. The van der Waals surface area contributed by atoms with Crippen LogP contribution in [0.4, 0.5) is 0 Å². The standard InChI is InChI=1S/C12H12Cl2N2O/c13-12(14)5-8(12)6-16-10-4-2-1-3-9(10)15-11(16)7-17/h1-4,8,17H,5-7H2/p+1. The van der Waals surface area contributed by atoms with Crippen LogP contribution in [0.15, 0.2) is 24.3 Å². The van der Waals surface area contributed by atoms with Gasteiger partial charge in [-0.05, 0) is 18.6 Å². The van der Waals surface area contributed by atoms with Crippen molar-refractivity contribution >= 4 is 34.2 Å². The number of imidazole rings is 1. The highest BCUT2D eigenvalue weighted by atomic mass is 35.5. The minimum Gasteiger partial charge on any atom is -0.384 e. The Kier molecular flexibility index (Phi) is 2.58. The topological polar surface area (TPSA) is 39.9 Å². The van der Waals surface area contributed by atoms with E-state index in [9.17, 15) is 5.11 Å². The summed E-state index contributed by atoms with van der Waals surface area (Å²) in [6.07, 6.45) is 0.813. The summed E-state index contributed by atoms with van der Waals surface area (Å²) in [5.41, 5.74) is 2.10. The summed E-state index contributed by atoms with van der Waals surface area (Å²) < 4.78 is 1.48. The molecule has 0 amide bonds. The van der Waals surface area contributed by atoms with E-state index in [0.29, 0.717) is 0 Å². The molecule has 1 aromatic heterocycles. The summed E-state index contributed by atoms with van der Waals surface area (Å²) in [4.78, 5) is 3.20. The molecule has 5 heteroatoms. The first-order chi connectivity index (χ1) is 8.12. The third-order valence-electron chi connectivity index (χ3n) is 3.31. The molecular formula is C12H13Cl2N2O+. The zero-order valence-electron chi connectivity index (χ0n) is 9.16. The Labute approximate surface area is 109 Å². The van der Waals surface area contributed by atoms with E-state index in [-0.39, 0.29) is 12.5 Å². The molecule has 3 rings (SSSR count). The van der Waals surface area contributed by atoms with Crippen LogP contribution in [-0.2, 0) is 13.2 Å². The van der Waals surface area contributed by atoms with Crippen molar-refractivity contribution in [1.29, 1.82) is 0 Å². The number of hydrogen-bond acceptors (Lipinski definition) is 1. The molecule has 0 spiro atoms. The maximum absolute atomic E-state index is 9.36. The van der Waals surface area contributed by atoms with Crippen LogP contribution in [0.25, 0.3) is 11.0 Å². The number of aromatic nitrogens is 2. The number of aromatic amines is 1. The van der Waals surface area contributed by atoms with Gasteiger partial charge in [-0.3, -0.25) is 0 Å². The highest BCUT2D eigenvalue weighted by Gasteiger charge is 2.53. The second kappa shape index (κ2) is 3.87. The number of benzene rings is 1. The molecule has 1 aromatic carbocycles. The molecule has 0 aliphatic heterocycles. The average molecular weight is 272 g/mol. The Hall–Kier alpha value is -0.770. The summed E-state index contributed by atoms with van der Waals surface area (Å²) in [5, 5.41) is 9.36. The van der Waals surface area contributed by atoms with Gasteiger partial charge in [0.2, 0.25) is 0 Å². The van der Waals surface area contributed by atoms with E-state index >= 15 is 0 Å². The van der Waals surface area contributed by atoms with Crippen molar-refractivity contribution in [3.05, 3.63) is 30.1 Å². The number of fused-ring (bicyclic) bond motifs is 1. The van der Waals surface area contributed by atoms with Crippen LogP contribution in [0.1, 0.15) is 12.2 Å².